The molecule has 1 aromatic heterocycles. The molecule has 2 heterocycles. The largest absolute Gasteiger partial charge is 0.381 e. The normalized spacial score (nSPS) is 21.2. The first-order chi connectivity index (χ1) is 9.63. The van der Waals surface area contributed by atoms with Gasteiger partial charge in [-0.05, 0) is 31.7 Å². The zero-order valence-corrected chi connectivity index (χ0v) is 12.9. The summed E-state index contributed by atoms with van der Waals surface area (Å²) < 4.78 is 32.6. The lowest BCUT2D eigenvalue weighted by Gasteiger charge is -2.22. The Labute approximate surface area is 123 Å². The van der Waals surface area contributed by atoms with Crippen molar-refractivity contribution >= 4 is 21.4 Å². The van der Waals surface area contributed by atoms with Crippen molar-refractivity contribution < 1.29 is 13.2 Å². The second kappa shape index (κ2) is 6.11. The lowest BCUT2D eigenvalue weighted by molar-refractivity contribution is 0.0832. The van der Waals surface area contributed by atoms with Crippen molar-refractivity contribution in [3.63, 3.8) is 0 Å². The van der Waals surface area contributed by atoms with E-state index in [0.29, 0.717) is 24.2 Å². The van der Waals surface area contributed by atoms with Crippen molar-refractivity contribution in [3.8, 4) is 0 Å². The molecule has 3 rings (SSSR count). The summed E-state index contributed by atoms with van der Waals surface area (Å²) in [7, 11) is -3.38. The maximum absolute atomic E-state index is 12.3. The number of hydrogen-bond acceptors (Lipinski definition) is 5. The van der Waals surface area contributed by atoms with E-state index in [4.69, 9.17) is 4.74 Å². The minimum Gasteiger partial charge on any atom is -0.381 e. The highest BCUT2D eigenvalue weighted by Crippen LogP contribution is 2.23. The third-order valence-corrected chi connectivity index (χ3v) is 6.21. The van der Waals surface area contributed by atoms with Crippen LogP contribution in [0.1, 0.15) is 30.6 Å². The van der Waals surface area contributed by atoms with Crippen LogP contribution in [0.4, 0.5) is 0 Å². The molecule has 2 fully saturated rings. The second-order valence-electron chi connectivity index (χ2n) is 5.41. The van der Waals surface area contributed by atoms with Crippen molar-refractivity contribution in [1.82, 2.24) is 10.0 Å². The summed E-state index contributed by atoms with van der Waals surface area (Å²) in [5, 5.41) is 5.13. The van der Waals surface area contributed by atoms with Gasteiger partial charge in [0.25, 0.3) is 0 Å². The Bertz CT molecular complexity index is 546. The molecule has 1 saturated heterocycles. The summed E-state index contributed by atoms with van der Waals surface area (Å²) in [6.07, 6.45) is 3.97. The molecule has 0 radical (unpaired) electrons. The first-order valence-electron chi connectivity index (χ1n) is 7.04. The molecule has 0 spiro atoms. The molecule has 1 aromatic rings. The zero-order chi connectivity index (χ0) is 14.0. The van der Waals surface area contributed by atoms with Gasteiger partial charge in [-0.15, -0.1) is 11.3 Å². The summed E-state index contributed by atoms with van der Waals surface area (Å²) in [4.78, 5) is 1.46. The van der Waals surface area contributed by atoms with Crippen LogP contribution in [0.5, 0.6) is 0 Å². The topological polar surface area (TPSA) is 67.4 Å². The molecule has 0 amide bonds. The van der Waals surface area contributed by atoms with Crippen molar-refractivity contribution in [2.45, 2.75) is 49.2 Å². The van der Waals surface area contributed by atoms with E-state index >= 15 is 0 Å². The van der Waals surface area contributed by atoms with Gasteiger partial charge in [0.2, 0.25) is 10.0 Å². The van der Waals surface area contributed by atoms with E-state index in [-0.39, 0.29) is 6.04 Å². The van der Waals surface area contributed by atoms with Crippen LogP contribution < -0.4 is 10.0 Å². The number of thiophene rings is 1. The van der Waals surface area contributed by atoms with Crippen LogP contribution in [0.15, 0.2) is 16.3 Å². The molecule has 0 atom stereocenters. The number of sulfonamides is 1. The SMILES string of the molecule is O=S(=O)(NC1CCOCC1)c1csc(CNC2CC2)c1. The van der Waals surface area contributed by atoms with Crippen molar-refractivity contribution in [1.29, 1.82) is 0 Å². The fourth-order valence-electron chi connectivity index (χ4n) is 2.23. The van der Waals surface area contributed by atoms with Crippen LogP contribution in [0, 0.1) is 0 Å². The molecule has 1 aliphatic heterocycles. The minimum atomic E-state index is -3.38. The van der Waals surface area contributed by atoms with E-state index in [1.165, 1.54) is 24.2 Å². The molecule has 0 unspecified atom stereocenters. The first kappa shape index (κ1) is 14.5. The minimum absolute atomic E-state index is 0.00156. The first-order valence-corrected chi connectivity index (χ1v) is 9.41. The van der Waals surface area contributed by atoms with Gasteiger partial charge in [0.05, 0.1) is 4.90 Å². The van der Waals surface area contributed by atoms with E-state index in [2.05, 4.69) is 10.0 Å². The number of hydrogen-bond donors (Lipinski definition) is 2. The average Bonchev–Trinajstić information content (AvgIpc) is 3.13. The summed E-state index contributed by atoms with van der Waals surface area (Å²) in [5.41, 5.74) is 0. The van der Waals surface area contributed by atoms with Crippen molar-refractivity contribution in [2.24, 2.45) is 0 Å². The Morgan fingerprint density at radius 1 is 1.20 bits per heavy atom. The standard InChI is InChI=1S/C13H20N2O3S2/c16-20(17,15-11-3-5-18-6-4-11)13-7-12(19-9-13)8-14-10-1-2-10/h7,9-11,14-15H,1-6,8H2. The fraction of sp³-hybridized carbons (Fsp3) is 0.692. The molecule has 0 aromatic carbocycles. The Morgan fingerprint density at radius 3 is 2.65 bits per heavy atom. The van der Waals surface area contributed by atoms with Crippen LogP contribution in [-0.4, -0.2) is 33.7 Å². The molecular formula is C13H20N2O3S2. The molecule has 2 N–H and O–H groups in total. The van der Waals surface area contributed by atoms with E-state index in [9.17, 15) is 8.42 Å². The molecule has 1 saturated carbocycles. The van der Waals surface area contributed by atoms with Crippen LogP contribution >= 0.6 is 11.3 Å². The van der Waals surface area contributed by atoms with Gasteiger partial charge in [-0.25, -0.2) is 13.1 Å². The molecule has 7 heteroatoms. The lowest BCUT2D eigenvalue weighted by Crippen LogP contribution is -2.38. The maximum atomic E-state index is 12.3. The van der Waals surface area contributed by atoms with Gasteiger partial charge >= 0.3 is 0 Å². The predicted octanol–water partition coefficient (Wildman–Crippen LogP) is 1.46. The second-order valence-corrected chi connectivity index (χ2v) is 8.12. The van der Waals surface area contributed by atoms with E-state index < -0.39 is 10.0 Å². The van der Waals surface area contributed by atoms with Crippen LogP contribution in [0.3, 0.4) is 0 Å². The lowest BCUT2D eigenvalue weighted by atomic mass is 10.1. The molecule has 112 valence electrons. The summed E-state index contributed by atoms with van der Waals surface area (Å²) >= 11 is 1.50. The van der Waals surface area contributed by atoms with E-state index in [1.54, 1.807) is 11.4 Å². The Kier molecular flexibility index (Phi) is 4.42. The highest BCUT2D eigenvalue weighted by molar-refractivity contribution is 7.89. The van der Waals surface area contributed by atoms with Gasteiger partial charge in [0, 0.05) is 42.1 Å². The van der Waals surface area contributed by atoms with Gasteiger partial charge in [0.15, 0.2) is 0 Å². The third-order valence-electron chi connectivity index (χ3n) is 3.63. The quantitative estimate of drug-likeness (QED) is 0.834. The molecule has 5 nitrogen and oxygen atoms in total. The van der Waals surface area contributed by atoms with E-state index in [1.807, 2.05) is 0 Å². The number of ether oxygens (including phenoxy) is 1. The van der Waals surface area contributed by atoms with Gasteiger partial charge in [0.1, 0.15) is 0 Å². The smallest absolute Gasteiger partial charge is 0.241 e. The summed E-state index contributed by atoms with van der Waals surface area (Å²) in [6, 6.07) is 2.42. The predicted molar refractivity (Wildman–Crippen MR) is 78.3 cm³/mol. The molecular weight excluding hydrogens is 296 g/mol. The van der Waals surface area contributed by atoms with Gasteiger partial charge in [-0.2, -0.15) is 0 Å². The van der Waals surface area contributed by atoms with E-state index in [0.717, 1.165) is 24.3 Å². The highest BCUT2D eigenvalue weighted by atomic mass is 32.2. The van der Waals surface area contributed by atoms with Crippen molar-refractivity contribution in [2.75, 3.05) is 13.2 Å². The maximum Gasteiger partial charge on any atom is 0.241 e. The highest BCUT2D eigenvalue weighted by Gasteiger charge is 2.24. The fourth-order valence-corrected chi connectivity index (χ4v) is 4.76. The van der Waals surface area contributed by atoms with Gasteiger partial charge in [-0.1, -0.05) is 0 Å². The average molecular weight is 316 g/mol. The molecule has 2 aliphatic rings. The third kappa shape index (κ3) is 3.79. The number of rotatable bonds is 6. The van der Waals surface area contributed by atoms with Crippen molar-refractivity contribution in [3.05, 3.63) is 16.3 Å². The molecule has 0 bridgehead atoms. The Hall–Kier alpha value is -0.470. The van der Waals surface area contributed by atoms with Gasteiger partial charge < -0.3 is 10.1 Å². The van der Waals surface area contributed by atoms with Crippen LogP contribution in [0.25, 0.3) is 0 Å². The molecule has 1 aliphatic carbocycles. The summed E-state index contributed by atoms with van der Waals surface area (Å²) in [5.74, 6) is 0. The van der Waals surface area contributed by atoms with Crippen LogP contribution in [-0.2, 0) is 21.3 Å². The van der Waals surface area contributed by atoms with Crippen LogP contribution in [0.2, 0.25) is 0 Å². The molecule has 20 heavy (non-hydrogen) atoms. The van der Waals surface area contributed by atoms with Gasteiger partial charge in [-0.3, -0.25) is 0 Å². The summed E-state index contributed by atoms with van der Waals surface area (Å²) in [6.45, 7) is 2.03. The Morgan fingerprint density at radius 2 is 1.95 bits per heavy atom. The number of nitrogens with one attached hydrogen (secondary N) is 2. The monoisotopic (exact) mass is 316 g/mol. The zero-order valence-electron chi connectivity index (χ0n) is 11.3. The Balaban J connectivity index is 1.60.